The number of hydrogen-bond donors (Lipinski definition) is 1. The molecule has 1 aromatic rings. The first-order valence-corrected chi connectivity index (χ1v) is 3.60. The van der Waals surface area contributed by atoms with Crippen LogP contribution in [0, 0.1) is 21.4 Å². The Kier molecular flexibility index (Phi) is 2.75. The van der Waals surface area contributed by atoms with Gasteiger partial charge in [-0.05, 0) is 0 Å². The zero-order chi connectivity index (χ0) is 11.6. The van der Waals surface area contributed by atoms with Gasteiger partial charge < -0.3 is 5.73 Å². The Labute approximate surface area is 82.1 Å². The molecule has 0 saturated carbocycles. The van der Waals surface area contributed by atoms with Gasteiger partial charge in [-0.15, -0.1) is 0 Å². The van der Waals surface area contributed by atoms with E-state index >= 15 is 0 Å². The number of nitrogen functional groups attached to an aromatic ring is 1. The highest BCUT2D eigenvalue weighted by atomic mass is 19.3. The third-order valence-corrected chi connectivity index (χ3v) is 1.56. The van der Waals surface area contributed by atoms with Crippen LogP contribution in [0.5, 0.6) is 0 Å². The van der Waals surface area contributed by atoms with E-state index < -0.39 is 34.1 Å². The van der Waals surface area contributed by atoms with Crippen LogP contribution in [0.15, 0.2) is 6.07 Å². The fourth-order valence-electron chi connectivity index (χ4n) is 0.987. The number of nitrogens with zero attached hydrogens (tertiary/aromatic N) is 3. The molecule has 0 amide bonds. The summed E-state index contributed by atoms with van der Waals surface area (Å²) >= 11 is 0. The highest BCUT2D eigenvalue weighted by Crippen LogP contribution is 2.28. The number of rotatable bonds is 2. The summed E-state index contributed by atoms with van der Waals surface area (Å²) in [7, 11) is 0. The zero-order valence-electron chi connectivity index (χ0n) is 7.15. The van der Waals surface area contributed by atoms with Crippen LogP contribution in [0.1, 0.15) is 17.7 Å². The molecule has 0 aliphatic heterocycles. The Balaban J connectivity index is 3.54. The van der Waals surface area contributed by atoms with E-state index in [0.29, 0.717) is 0 Å². The van der Waals surface area contributed by atoms with Crippen LogP contribution in [-0.2, 0) is 0 Å². The molecule has 2 N–H and O–H groups in total. The second-order valence-electron chi connectivity index (χ2n) is 2.50. The molecule has 0 aliphatic rings. The molecule has 8 heteroatoms. The van der Waals surface area contributed by atoms with Crippen molar-refractivity contribution >= 4 is 11.5 Å². The summed E-state index contributed by atoms with van der Waals surface area (Å²) in [5.74, 6) is -0.420. The van der Waals surface area contributed by atoms with Crippen molar-refractivity contribution in [2.75, 3.05) is 5.73 Å². The highest BCUT2D eigenvalue weighted by molar-refractivity contribution is 5.56. The summed E-state index contributed by atoms with van der Waals surface area (Å²) in [5.41, 5.74) is 2.61. The summed E-state index contributed by atoms with van der Waals surface area (Å²) in [5, 5.41) is 19.0. The average molecular weight is 214 g/mol. The van der Waals surface area contributed by atoms with E-state index in [2.05, 4.69) is 4.98 Å². The third-order valence-electron chi connectivity index (χ3n) is 1.56. The standard InChI is InChI=1S/C7H4F2N4O2/c8-7(9)6-3(2-10)4(13(14)15)1-5(11)12-6/h1,7H,(H2,11,12). The molecule has 1 aromatic heterocycles. The van der Waals surface area contributed by atoms with Crippen molar-refractivity contribution in [3.8, 4) is 6.07 Å². The van der Waals surface area contributed by atoms with Crippen molar-refractivity contribution in [1.82, 2.24) is 4.98 Å². The Morgan fingerprint density at radius 2 is 2.27 bits per heavy atom. The monoisotopic (exact) mass is 214 g/mol. The topological polar surface area (TPSA) is 106 Å². The molecule has 6 nitrogen and oxygen atoms in total. The number of halogens is 2. The van der Waals surface area contributed by atoms with Crippen LogP contribution in [0.25, 0.3) is 0 Å². The number of aromatic nitrogens is 1. The Hall–Kier alpha value is -2.30. The first kappa shape index (κ1) is 10.8. The SMILES string of the molecule is N#Cc1c([N+](=O)[O-])cc(N)nc1C(F)F. The molecule has 0 radical (unpaired) electrons. The van der Waals surface area contributed by atoms with Gasteiger partial charge in [-0.2, -0.15) is 5.26 Å². The van der Waals surface area contributed by atoms with E-state index in [1.165, 1.54) is 6.07 Å². The van der Waals surface area contributed by atoms with Gasteiger partial charge in [-0.1, -0.05) is 0 Å². The van der Waals surface area contributed by atoms with Crippen LogP contribution in [0.3, 0.4) is 0 Å². The van der Waals surface area contributed by atoms with Gasteiger partial charge in [0.1, 0.15) is 17.6 Å². The summed E-state index contributed by atoms with van der Waals surface area (Å²) in [4.78, 5) is 12.7. The minimum Gasteiger partial charge on any atom is -0.383 e. The molecule has 0 saturated heterocycles. The number of nitrogens with two attached hydrogens (primary N) is 1. The molecule has 0 aromatic carbocycles. The van der Waals surface area contributed by atoms with Gasteiger partial charge in [-0.25, -0.2) is 13.8 Å². The first-order chi connectivity index (χ1) is 6.97. The van der Waals surface area contributed by atoms with Crippen LogP contribution in [0.2, 0.25) is 0 Å². The number of alkyl halides is 2. The van der Waals surface area contributed by atoms with Crippen LogP contribution < -0.4 is 5.73 Å². The van der Waals surface area contributed by atoms with Crippen molar-refractivity contribution in [1.29, 1.82) is 5.26 Å². The minimum absolute atomic E-state index is 0.420. The van der Waals surface area contributed by atoms with Crippen LogP contribution in [0.4, 0.5) is 20.3 Å². The lowest BCUT2D eigenvalue weighted by molar-refractivity contribution is -0.385. The van der Waals surface area contributed by atoms with Crippen molar-refractivity contribution in [2.45, 2.75) is 6.43 Å². The molecular formula is C7H4F2N4O2. The number of hydrogen-bond acceptors (Lipinski definition) is 5. The van der Waals surface area contributed by atoms with E-state index in [1.54, 1.807) is 0 Å². The van der Waals surface area contributed by atoms with Gasteiger partial charge in [0.15, 0.2) is 5.56 Å². The molecule has 78 valence electrons. The average Bonchev–Trinajstić information content (AvgIpc) is 2.16. The van der Waals surface area contributed by atoms with Gasteiger partial charge in [-0.3, -0.25) is 10.1 Å². The summed E-state index contributed by atoms with van der Waals surface area (Å²) in [6, 6.07) is 2.08. The number of pyridine rings is 1. The molecule has 1 rings (SSSR count). The fraction of sp³-hybridized carbons (Fsp3) is 0.143. The smallest absolute Gasteiger partial charge is 0.292 e. The summed E-state index contributed by atoms with van der Waals surface area (Å²) < 4.78 is 24.7. The molecule has 0 bridgehead atoms. The number of nitro groups is 1. The van der Waals surface area contributed by atoms with E-state index in [4.69, 9.17) is 11.0 Å². The predicted molar refractivity (Wildman–Crippen MR) is 45.0 cm³/mol. The highest BCUT2D eigenvalue weighted by Gasteiger charge is 2.25. The predicted octanol–water partition coefficient (Wildman–Crippen LogP) is 1.38. The van der Waals surface area contributed by atoms with Gasteiger partial charge >= 0.3 is 0 Å². The van der Waals surface area contributed by atoms with Crippen LogP contribution >= 0.6 is 0 Å². The molecule has 0 spiro atoms. The van der Waals surface area contributed by atoms with Gasteiger partial charge in [0, 0.05) is 0 Å². The zero-order valence-corrected chi connectivity index (χ0v) is 7.15. The van der Waals surface area contributed by atoms with Gasteiger partial charge in [0.2, 0.25) is 0 Å². The molecular weight excluding hydrogens is 210 g/mol. The second kappa shape index (κ2) is 3.83. The maximum absolute atomic E-state index is 12.3. The number of nitriles is 1. The maximum Gasteiger partial charge on any atom is 0.292 e. The molecule has 0 fully saturated rings. The lowest BCUT2D eigenvalue weighted by Gasteiger charge is -2.03. The normalized spacial score (nSPS) is 10.0. The van der Waals surface area contributed by atoms with E-state index in [0.717, 1.165) is 6.07 Å². The largest absolute Gasteiger partial charge is 0.383 e. The summed E-state index contributed by atoms with van der Waals surface area (Å²) in [6.07, 6.45) is -3.08. The van der Waals surface area contributed by atoms with E-state index in [-0.39, 0.29) is 0 Å². The quantitative estimate of drug-likeness (QED) is 0.591. The van der Waals surface area contributed by atoms with Gasteiger partial charge in [0.05, 0.1) is 11.0 Å². The van der Waals surface area contributed by atoms with E-state index in [9.17, 15) is 18.9 Å². The first-order valence-electron chi connectivity index (χ1n) is 3.60. The molecule has 1 heterocycles. The third kappa shape index (κ3) is 1.96. The maximum atomic E-state index is 12.3. The van der Waals surface area contributed by atoms with Crippen molar-refractivity contribution in [2.24, 2.45) is 0 Å². The Morgan fingerprint density at radius 1 is 1.67 bits per heavy atom. The Bertz CT molecular complexity index is 455. The fourth-order valence-corrected chi connectivity index (χ4v) is 0.987. The Morgan fingerprint density at radius 3 is 2.67 bits per heavy atom. The number of anilines is 1. The van der Waals surface area contributed by atoms with Crippen LogP contribution in [-0.4, -0.2) is 9.91 Å². The van der Waals surface area contributed by atoms with Crippen molar-refractivity contribution in [3.63, 3.8) is 0 Å². The molecule has 0 atom stereocenters. The van der Waals surface area contributed by atoms with Crippen molar-refractivity contribution < 1.29 is 13.7 Å². The molecule has 0 aliphatic carbocycles. The van der Waals surface area contributed by atoms with E-state index in [1.807, 2.05) is 0 Å². The minimum atomic E-state index is -3.08. The van der Waals surface area contributed by atoms with Crippen molar-refractivity contribution in [3.05, 3.63) is 27.4 Å². The lowest BCUT2D eigenvalue weighted by Crippen LogP contribution is -2.04. The molecule has 0 unspecified atom stereocenters. The lowest BCUT2D eigenvalue weighted by atomic mass is 10.1. The second-order valence-corrected chi connectivity index (χ2v) is 2.50. The summed E-state index contributed by atoms with van der Waals surface area (Å²) in [6.45, 7) is 0. The molecule has 15 heavy (non-hydrogen) atoms. The van der Waals surface area contributed by atoms with Gasteiger partial charge in [0.25, 0.3) is 12.1 Å².